The van der Waals surface area contributed by atoms with Gasteiger partial charge in [0.1, 0.15) is 15.6 Å². The number of anilines is 2. The molecule has 1 aliphatic rings. The molecule has 3 heterocycles. The van der Waals surface area contributed by atoms with Crippen LogP contribution in [0.25, 0.3) is 10.4 Å². The van der Waals surface area contributed by atoms with Crippen LogP contribution in [0.15, 0.2) is 30.6 Å². The van der Waals surface area contributed by atoms with Crippen LogP contribution in [0.3, 0.4) is 0 Å². The van der Waals surface area contributed by atoms with Gasteiger partial charge in [0.15, 0.2) is 0 Å². The van der Waals surface area contributed by atoms with Crippen LogP contribution >= 0.6 is 22.9 Å². The SMILES string of the molecule is COc1nc(Nc2cc(C)cc(-c3cnc([C@@]4(O)CCCN(C(=O)O)CC4)s3)c2)ncc1Cl. The van der Waals surface area contributed by atoms with Crippen molar-refractivity contribution >= 4 is 40.7 Å². The first-order valence-electron chi connectivity index (χ1n) is 10.4. The van der Waals surface area contributed by atoms with Gasteiger partial charge in [0.05, 0.1) is 18.2 Å². The van der Waals surface area contributed by atoms with Crippen LogP contribution in [0.4, 0.5) is 16.4 Å². The fraction of sp³-hybridized carbons (Fsp3) is 0.364. The predicted octanol–water partition coefficient (Wildman–Crippen LogP) is 4.67. The number of ether oxygens (including phenoxy) is 1. The molecule has 1 amide bonds. The minimum absolute atomic E-state index is 0.282. The molecule has 1 atom stereocenters. The lowest BCUT2D eigenvalue weighted by atomic mass is 9.96. The molecule has 0 aliphatic carbocycles. The maximum Gasteiger partial charge on any atom is 0.407 e. The zero-order valence-corrected chi connectivity index (χ0v) is 19.8. The molecule has 1 saturated heterocycles. The maximum atomic E-state index is 11.3. The number of likely N-dealkylation sites (tertiary alicyclic amines) is 1. The lowest BCUT2D eigenvalue weighted by Gasteiger charge is -2.24. The van der Waals surface area contributed by atoms with E-state index in [2.05, 4.69) is 20.3 Å². The van der Waals surface area contributed by atoms with Crippen LogP contribution in [0.1, 0.15) is 29.8 Å². The smallest absolute Gasteiger partial charge is 0.407 e. The summed E-state index contributed by atoms with van der Waals surface area (Å²) in [5.41, 5.74) is 1.61. The average Bonchev–Trinajstić information content (AvgIpc) is 3.19. The van der Waals surface area contributed by atoms with Crippen molar-refractivity contribution in [3.8, 4) is 16.3 Å². The Balaban J connectivity index is 1.57. The Kier molecular flexibility index (Phi) is 6.68. The topological polar surface area (TPSA) is 121 Å². The van der Waals surface area contributed by atoms with Crippen molar-refractivity contribution in [3.05, 3.63) is 46.2 Å². The number of carboxylic acid groups (broad SMARTS) is 1. The molecule has 0 radical (unpaired) electrons. The normalized spacial score (nSPS) is 18.6. The molecule has 11 heteroatoms. The number of nitrogens with zero attached hydrogens (tertiary/aromatic N) is 4. The Hall–Kier alpha value is -2.95. The number of nitrogens with one attached hydrogen (secondary N) is 1. The zero-order chi connectivity index (χ0) is 23.6. The first-order chi connectivity index (χ1) is 15.8. The Morgan fingerprint density at radius 3 is 2.82 bits per heavy atom. The molecule has 33 heavy (non-hydrogen) atoms. The summed E-state index contributed by atoms with van der Waals surface area (Å²) in [4.78, 5) is 26.5. The van der Waals surface area contributed by atoms with Gasteiger partial charge in [-0.05, 0) is 43.0 Å². The van der Waals surface area contributed by atoms with E-state index in [0.29, 0.717) is 41.8 Å². The third-order valence-corrected chi connectivity index (χ3v) is 7.01. The van der Waals surface area contributed by atoms with Gasteiger partial charge in [0, 0.05) is 31.4 Å². The summed E-state index contributed by atoms with van der Waals surface area (Å²) in [6.45, 7) is 2.68. The fourth-order valence-corrected chi connectivity index (χ4v) is 5.05. The molecule has 9 nitrogen and oxygen atoms in total. The third kappa shape index (κ3) is 5.18. The van der Waals surface area contributed by atoms with Crippen molar-refractivity contribution in [2.45, 2.75) is 31.8 Å². The van der Waals surface area contributed by atoms with Gasteiger partial charge in [-0.3, -0.25) is 0 Å². The number of aryl methyl sites for hydroxylation is 1. The van der Waals surface area contributed by atoms with Crippen molar-refractivity contribution in [1.82, 2.24) is 19.9 Å². The van der Waals surface area contributed by atoms with E-state index in [1.165, 1.54) is 29.5 Å². The summed E-state index contributed by atoms with van der Waals surface area (Å²) < 4.78 is 5.15. The molecule has 0 saturated carbocycles. The van der Waals surface area contributed by atoms with E-state index in [1.54, 1.807) is 6.20 Å². The van der Waals surface area contributed by atoms with Crippen LogP contribution in [0.5, 0.6) is 5.88 Å². The molecule has 3 N–H and O–H groups in total. The number of hydrogen-bond acceptors (Lipinski definition) is 8. The molecule has 1 fully saturated rings. The summed E-state index contributed by atoms with van der Waals surface area (Å²) in [6.07, 6.45) is 3.64. The largest absolute Gasteiger partial charge is 0.480 e. The predicted molar refractivity (Wildman–Crippen MR) is 127 cm³/mol. The van der Waals surface area contributed by atoms with Gasteiger partial charge in [0.25, 0.3) is 0 Å². The van der Waals surface area contributed by atoms with Crippen LogP contribution in [0, 0.1) is 6.92 Å². The van der Waals surface area contributed by atoms with E-state index >= 15 is 0 Å². The van der Waals surface area contributed by atoms with Gasteiger partial charge >= 0.3 is 6.09 Å². The second kappa shape index (κ2) is 9.50. The lowest BCUT2D eigenvalue weighted by Crippen LogP contribution is -2.32. The zero-order valence-electron chi connectivity index (χ0n) is 18.2. The van der Waals surface area contributed by atoms with E-state index < -0.39 is 11.7 Å². The fourth-order valence-electron chi connectivity index (χ4n) is 3.83. The number of methoxy groups -OCH3 is 1. The van der Waals surface area contributed by atoms with Crippen molar-refractivity contribution in [3.63, 3.8) is 0 Å². The van der Waals surface area contributed by atoms with Crippen LogP contribution in [0.2, 0.25) is 5.02 Å². The summed E-state index contributed by atoms with van der Waals surface area (Å²) >= 11 is 7.42. The van der Waals surface area contributed by atoms with Crippen LogP contribution < -0.4 is 10.1 Å². The molecule has 0 bridgehead atoms. The Morgan fingerprint density at radius 2 is 2.06 bits per heavy atom. The Labute approximate surface area is 200 Å². The second-order valence-electron chi connectivity index (χ2n) is 7.95. The van der Waals surface area contributed by atoms with E-state index in [-0.39, 0.29) is 12.4 Å². The first kappa shape index (κ1) is 23.2. The highest BCUT2D eigenvalue weighted by Crippen LogP contribution is 2.39. The minimum atomic E-state index is -1.13. The first-order valence-corrected chi connectivity index (χ1v) is 11.6. The molecule has 0 unspecified atom stereocenters. The van der Waals surface area contributed by atoms with Crippen molar-refractivity contribution < 1.29 is 19.7 Å². The minimum Gasteiger partial charge on any atom is -0.480 e. The summed E-state index contributed by atoms with van der Waals surface area (Å²) in [6, 6.07) is 5.96. The standard InChI is InChI=1S/C22H24ClN5O4S/c1-13-8-14(10-15(9-13)26-20-25-11-16(23)18(27-20)32-2)17-12-24-19(33-17)22(31)4-3-6-28(7-5-22)21(29)30/h8-12,31H,3-7H2,1-2H3,(H,29,30)(H,25,26,27)/t22-/m1/s1. The molecule has 174 valence electrons. The van der Waals surface area contributed by atoms with E-state index in [9.17, 15) is 15.0 Å². The second-order valence-corrected chi connectivity index (χ2v) is 9.39. The number of aliphatic hydroxyl groups is 1. The summed E-state index contributed by atoms with van der Waals surface area (Å²) in [5.74, 6) is 0.640. The monoisotopic (exact) mass is 489 g/mol. The molecular weight excluding hydrogens is 466 g/mol. The number of benzene rings is 1. The van der Waals surface area contributed by atoms with Gasteiger partial charge in [-0.1, -0.05) is 17.7 Å². The van der Waals surface area contributed by atoms with Crippen molar-refractivity contribution in [1.29, 1.82) is 0 Å². The highest BCUT2D eigenvalue weighted by atomic mass is 35.5. The van der Waals surface area contributed by atoms with Crippen LogP contribution in [-0.2, 0) is 5.60 Å². The van der Waals surface area contributed by atoms with E-state index in [1.807, 2.05) is 25.1 Å². The third-order valence-electron chi connectivity index (χ3n) is 5.51. The lowest BCUT2D eigenvalue weighted by molar-refractivity contribution is 0.0213. The molecule has 4 rings (SSSR count). The maximum absolute atomic E-state index is 11.3. The van der Waals surface area contributed by atoms with E-state index in [0.717, 1.165) is 21.7 Å². The summed E-state index contributed by atoms with van der Waals surface area (Å²) in [7, 11) is 1.49. The van der Waals surface area contributed by atoms with Gasteiger partial charge in [-0.25, -0.2) is 14.8 Å². The highest BCUT2D eigenvalue weighted by molar-refractivity contribution is 7.15. The Morgan fingerprint density at radius 1 is 1.24 bits per heavy atom. The number of halogens is 1. The van der Waals surface area contributed by atoms with Crippen LogP contribution in [-0.4, -0.2) is 56.4 Å². The number of thiazole rings is 1. The van der Waals surface area contributed by atoms with Gasteiger partial charge in [-0.2, -0.15) is 4.98 Å². The van der Waals surface area contributed by atoms with Gasteiger partial charge in [-0.15, -0.1) is 11.3 Å². The average molecular weight is 490 g/mol. The molecule has 1 aliphatic heterocycles. The molecule has 1 aromatic carbocycles. The number of aromatic nitrogens is 3. The molecule has 2 aromatic heterocycles. The number of hydrogen-bond donors (Lipinski definition) is 3. The number of rotatable bonds is 5. The quantitative estimate of drug-likeness (QED) is 0.473. The van der Waals surface area contributed by atoms with Gasteiger partial charge in [0.2, 0.25) is 11.8 Å². The van der Waals surface area contributed by atoms with Crippen molar-refractivity contribution in [2.75, 3.05) is 25.5 Å². The molecule has 0 spiro atoms. The number of carbonyl (C=O) groups is 1. The highest BCUT2D eigenvalue weighted by Gasteiger charge is 2.35. The van der Waals surface area contributed by atoms with E-state index in [4.69, 9.17) is 16.3 Å². The molecule has 3 aromatic rings. The van der Waals surface area contributed by atoms with Crippen molar-refractivity contribution in [2.24, 2.45) is 0 Å². The Bertz CT molecular complexity index is 1170. The summed E-state index contributed by atoms with van der Waals surface area (Å²) in [5, 5.41) is 24.6. The number of amides is 1. The molecular formula is C22H24ClN5O4S. The van der Waals surface area contributed by atoms with Gasteiger partial charge < -0.3 is 25.2 Å².